The Kier molecular flexibility index (Phi) is 2.53. The molecule has 0 saturated carbocycles. The summed E-state index contributed by atoms with van der Waals surface area (Å²) in [6, 6.07) is 10.8. The summed E-state index contributed by atoms with van der Waals surface area (Å²) in [6.07, 6.45) is 1.30. The molecule has 2 atom stereocenters. The molecule has 0 spiro atoms. The lowest BCUT2D eigenvalue weighted by Crippen LogP contribution is -2.34. The van der Waals surface area contributed by atoms with E-state index in [1.165, 1.54) is 25.2 Å². The average molecular weight is 227 g/mol. The second-order valence-electron chi connectivity index (χ2n) is 5.19. The number of nitriles is 1. The van der Waals surface area contributed by atoms with E-state index in [0.29, 0.717) is 6.04 Å². The van der Waals surface area contributed by atoms with Gasteiger partial charge >= 0.3 is 0 Å². The molecule has 3 nitrogen and oxygen atoms in total. The summed E-state index contributed by atoms with van der Waals surface area (Å²) < 4.78 is 0. The van der Waals surface area contributed by atoms with Crippen LogP contribution in [0.2, 0.25) is 0 Å². The molecule has 3 rings (SSSR count). The van der Waals surface area contributed by atoms with Crippen LogP contribution in [0.1, 0.15) is 12.0 Å². The first-order valence-corrected chi connectivity index (χ1v) is 6.23. The normalized spacial score (nSPS) is 28.1. The molecule has 2 aliphatic rings. The van der Waals surface area contributed by atoms with Gasteiger partial charge in [0.1, 0.15) is 0 Å². The van der Waals surface area contributed by atoms with Gasteiger partial charge in [-0.25, -0.2) is 0 Å². The standard InChI is InChI=1S/C14H17N3/c1-16-9-12-6-7-17(14(12)10-16)13-4-2-11(8-15)3-5-13/h2-5,12,14H,6-7,9-10H2,1H3/t12-,14+/m1/s1. The first-order chi connectivity index (χ1) is 8.28. The zero-order valence-corrected chi connectivity index (χ0v) is 10.1. The Balaban J connectivity index is 1.82. The van der Waals surface area contributed by atoms with E-state index in [0.717, 1.165) is 18.0 Å². The highest BCUT2D eigenvalue weighted by atomic mass is 15.3. The Hall–Kier alpha value is -1.53. The fourth-order valence-electron chi connectivity index (χ4n) is 3.22. The van der Waals surface area contributed by atoms with Crippen LogP contribution >= 0.6 is 0 Å². The lowest BCUT2D eigenvalue weighted by molar-refractivity contribution is 0.386. The Labute approximate surface area is 102 Å². The van der Waals surface area contributed by atoms with Gasteiger partial charge in [-0.3, -0.25) is 0 Å². The first kappa shape index (κ1) is 10.6. The fraction of sp³-hybridized carbons (Fsp3) is 0.500. The van der Waals surface area contributed by atoms with Gasteiger partial charge in [0, 0.05) is 31.4 Å². The van der Waals surface area contributed by atoms with Crippen LogP contribution in [0.15, 0.2) is 24.3 Å². The van der Waals surface area contributed by atoms with Crippen molar-refractivity contribution in [1.29, 1.82) is 5.26 Å². The Morgan fingerprint density at radius 3 is 2.71 bits per heavy atom. The molecule has 0 bridgehead atoms. The molecular weight excluding hydrogens is 210 g/mol. The maximum Gasteiger partial charge on any atom is 0.0991 e. The SMILES string of the molecule is CN1C[C@H]2CCN(c3ccc(C#N)cc3)[C@H]2C1. The minimum absolute atomic E-state index is 0.674. The topological polar surface area (TPSA) is 30.3 Å². The molecule has 3 heteroatoms. The van der Waals surface area contributed by atoms with Crippen molar-refractivity contribution in [2.24, 2.45) is 5.92 Å². The number of likely N-dealkylation sites (N-methyl/N-ethyl adjacent to an activating group) is 1. The van der Waals surface area contributed by atoms with Gasteiger partial charge in [-0.1, -0.05) is 0 Å². The number of nitrogens with zero attached hydrogens (tertiary/aromatic N) is 3. The molecule has 0 unspecified atom stereocenters. The van der Waals surface area contributed by atoms with E-state index in [1.807, 2.05) is 12.1 Å². The van der Waals surface area contributed by atoms with Gasteiger partial charge in [0.05, 0.1) is 11.6 Å². The second-order valence-corrected chi connectivity index (χ2v) is 5.19. The van der Waals surface area contributed by atoms with Crippen LogP contribution < -0.4 is 4.90 Å². The van der Waals surface area contributed by atoms with Crippen LogP contribution in [0, 0.1) is 17.2 Å². The number of hydrogen-bond donors (Lipinski definition) is 0. The van der Waals surface area contributed by atoms with Gasteiger partial charge in [0.25, 0.3) is 0 Å². The first-order valence-electron chi connectivity index (χ1n) is 6.23. The number of rotatable bonds is 1. The summed E-state index contributed by atoms with van der Waals surface area (Å²) in [7, 11) is 2.20. The Morgan fingerprint density at radius 1 is 1.24 bits per heavy atom. The van der Waals surface area contributed by atoms with E-state index in [9.17, 15) is 0 Å². The van der Waals surface area contributed by atoms with Crippen molar-refractivity contribution < 1.29 is 0 Å². The van der Waals surface area contributed by atoms with Crippen LogP contribution in [0.5, 0.6) is 0 Å². The molecular formula is C14H17N3. The highest BCUT2D eigenvalue weighted by Gasteiger charge is 2.39. The largest absolute Gasteiger partial charge is 0.367 e. The molecule has 17 heavy (non-hydrogen) atoms. The quantitative estimate of drug-likeness (QED) is 0.731. The van der Waals surface area contributed by atoms with Crippen molar-refractivity contribution in [3.8, 4) is 6.07 Å². The summed E-state index contributed by atoms with van der Waals surface area (Å²) in [4.78, 5) is 4.93. The van der Waals surface area contributed by atoms with Crippen LogP contribution in [0.3, 0.4) is 0 Å². The smallest absolute Gasteiger partial charge is 0.0991 e. The van der Waals surface area contributed by atoms with E-state index in [4.69, 9.17) is 5.26 Å². The fourth-order valence-corrected chi connectivity index (χ4v) is 3.22. The summed E-state index contributed by atoms with van der Waals surface area (Å²) >= 11 is 0. The summed E-state index contributed by atoms with van der Waals surface area (Å²) in [5.74, 6) is 0.829. The molecule has 1 aromatic rings. The minimum Gasteiger partial charge on any atom is -0.367 e. The zero-order valence-electron chi connectivity index (χ0n) is 10.1. The highest BCUT2D eigenvalue weighted by molar-refractivity contribution is 5.52. The van der Waals surface area contributed by atoms with Gasteiger partial charge < -0.3 is 9.80 Å². The molecule has 0 N–H and O–H groups in total. The van der Waals surface area contributed by atoms with E-state index in [2.05, 4.69) is 35.0 Å². The van der Waals surface area contributed by atoms with E-state index in [1.54, 1.807) is 0 Å². The summed E-state index contributed by atoms with van der Waals surface area (Å²) in [6.45, 7) is 3.57. The number of likely N-dealkylation sites (tertiary alicyclic amines) is 1. The molecule has 2 aliphatic heterocycles. The third kappa shape index (κ3) is 1.79. The average Bonchev–Trinajstić information content (AvgIpc) is 2.88. The molecule has 88 valence electrons. The van der Waals surface area contributed by atoms with E-state index in [-0.39, 0.29) is 0 Å². The predicted molar refractivity (Wildman–Crippen MR) is 67.9 cm³/mol. The maximum absolute atomic E-state index is 8.81. The number of anilines is 1. The maximum atomic E-state index is 8.81. The number of hydrogen-bond acceptors (Lipinski definition) is 3. The molecule has 0 radical (unpaired) electrons. The van der Waals surface area contributed by atoms with Gasteiger partial charge in [0.15, 0.2) is 0 Å². The van der Waals surface area contributed by atoms with Crippen molar-refractivity contribution >= 4 is 5.69 Å². The molecule has 2 heterocycles. The monoisotopic (exact) mass is 227 g/mol. The molecule has 2 saturated heterocycles. The number of fused-ring (bicyclic) bond motifs is 1. The van der Waals surface area contributed by atoms with E-state index < -0.39 is 0 Å². The van der Waals surface area contributed by atoms with E-state index >= 15 is 0 Å². The zero-order chi connectivity index (χ0) is 11.8. The van der Waals surface area contributed by atoms with Crippen LogP contribution in [-0.2, 0) is 0 Å². The molecule has 2 fully saturated rings. The highest BCUT2D eigenvalue weighted by Crippen LogP contribution is 2.34. The van der Waals surface area contributed by atoms with Crippen LogP contribution in [0.4, 0.5) is 5.69 Å². The molecule has 0 aromatic heterocycles. The summed E-state index contributed by atoms with van der Waals surface area (Å²) in [5, 5.41) is 8.81. The Bertz CT molecular complexity index is 446. The predicted octanol–water partition coefficient (Wildman–Crippen LogP) is 1.70. The van der Waals surface area contributed by atoms with Crippen LogP contribution in [0.25, 0.3) is 0 Å². The molecule has 1 aromatic carbocycles. The summed E-state index contributed by atoms with van der Waals surface area (Å²) in [5.41, 5.74) is 2.01. The second kappa shape index (κ2) is 4.05. The Morgan fingerprint density at radius 2 is 2.00 bits per heavy atom. The lowest BCUT2D eigenvalue weighted by Gasteiger charge is -2.26. The van der Waals surface area contributed by atoms with Crippen molar-refractivity contribution in [2.75, 3.05) is 31.6 Å². The van der Waals surface area contributed by atoms with Crippen molar-refractivity contribution in [3.63, 3.8) is 0 Å². The number of benzene rings is 1. The van der Waals surface area contributed by atoms with Crippen molar-refractivity contribution in [2.45, 2.75) is 12.5 Å². The van der Waals surface area contributed by atoms with Crippen molar-refractivity contribution in [1.82, 2.24) is 4.90 Å². The third-order valence-electron chi connectivity index (χ3n) is 4.06. The van der Waals surface area contributed by atoms with Crippen LogP contribution in [-0.4, -0.2) is 37.6 Å². The minimum atomic E-state index is 0.674. The van der Waals surface area contributed by atoms with Gasteiger partial charge in [-0.15, -0.1) is 0 Å². The molecule has 0 aliphatic carbocycles. The van der Waals surface area contributed by atoms with Crippen molar-refractivity contribution in [3.05, 3.63) is 29.8 Å². The van der Waals surface area contributed by atoms with Gasteiger partial charge in [-0.05, 0) is 43.7 Å². The molecule has 0 amide bonds. The lowest BCUT2D eigenvalue weighted by atomic mass is 10.0. The van der Waals surface area contributed by atoms with Gasteiger partial charge in [0.2, 0.25) is 0 Å². The van der Waals surface area contributed by atoms with Gasteiger partial charge in [-0.2, -0.15) is 5.26 Å². The third-order valence-corrected chi connectivity index (χ3v) is 4.06.